The van der Waals surface area contributed by atoms with Gasteiger partial charge in [0.2, 0.25) is 0 Å². The highest BCUT2D eigenvalue weighted by molar-refractivity contribution is 9.10. The maximum absolute atomic E-state index is 12.8. The van der Waals surface area contributed by atoms with Crippen LogP contribution in [0.4, 0.5) is 13.2 Å². The fourth-order valence-electron chi connectivity index (χ4n) is 5.91. The van der Waals surface area contributed by atoms with Crippen molar-refractivity contribution in [1.82, 2.24) is 9.80 Å². The van der Waals surface area contributed by atoms with Crippen molar-refractivity contribution in [1.29, 1.82) is 0 Å². The molecule has 0 spiro atoms. The molecule has 0 radical (unpaired) electrons. The van der Waals surface area contributed by atoms with Gasteiger partial charge in [-0.25, -0.2) is 0 Å². The molecule has 0 bridgehead atoms. The van der Waals surface area contributed by atoms with Gasteiger partial charge in [-0.05, 0) is 133 Å². The molecule has 1 saturated heterocycles. The number of ether oxygens (including phenoxy) is 1. The van der Waals surface area contributed by atoms with Crippen molar-refractivity contribution in [3.8, 4) is 5.75 Å². The molecule has 1 heterocycles. The summed E-state index contributed by atoms with van der Waals surface area (Å²) in [6.07, 6.45) is 6.07. The molecule has 7 heteroatoms. The van der Waals surface area contributed by atoms with E-state index in [0.29, 0.717) is 18.4 Å². The molecule has 1 aromatic rings. The Morgan fingerprint density at radius 2 is 1.74 bits per heavy atom. The van der Waals surface area contributed by atoms with Crippen molar-refractivity contribution < 1.29 is 17.9 Å². The van der Waals surface area contributed by atoms with Gasteiger partial charge in [0.15, 0.2) is 0 Å². The number of alkyl halides is 3. The molecule has 2 aliphatic rings. The lowest BCUT2D eigenvalue weighted by Gasteiger charge is -2.37. The molecule has 200 valence electrons. The van der Waals surface area contributed by atoms with Crippen molar-refractivity contribution in [2.45, 2.75) is 96.9 Å². The normalized spacial score (nSPS) is 22.8. The Bertz CT molecular complexity index is 757. The Kier molecular flexibility index (Phi) is 11.2. The van der Waals surface area contributed by atoms with Gasteiger partial charge in [0, 0.05) is 10.5 Å². The van der Waals surface area contributed by atoms with E-state index in [-0.39, 0.29) is 12.1 Å². The zero-order valence-electron chi connectivity index (χ0n) is 21.8. The first-order valence-corrected chi connectivity index (χ1v) is 14.4. The zero-order chi connectivity index (χ0) is 25.4. The van der Waals surface area contributed by atoms with Crippen LogP contribution in [0.5, 0.6) is 5.75 Å². The lowest BCUT2D eigenvalue weighted by Crippen LogP contribution is -2.43. The summed E-state index contributed by atoms with van der Waals surface area (Å²) in [5.74, 6) is 2.35. The van der Waals surface area contributed by atoms with Crippen molar-refractivity contribution in [2.75, 3.05) is 32.7 Å². The second-order valence-electron chi connectivity index (χ2n) is 10.9. The summed E-state index contributed by atoms with van der Waals surface area (Å²) < 4.78 is 45.5. The second kappa shape index (κ2) is 13.7. The topological polar surface area (TPSA) is 15.7 Å². The number of hydrogen-bond donors (Lipinski definition) is 0. The van der Waals surface area contributed by atoms with E-state index in [0.717, 1.165) is 44.4 Å². The van der Waals surface area contributed by atoms with Gasteiger partial charge in [0.05, 0.1) is 12.6 Å². The van der Waals surface area contributed by atoms with Gasteiger partial charge in [-0.3, -0.25) is 4.90 Å². The first-order chi connectivity index (χ1) is 16.6. The molecule has 0 atom stereocenters. The van der Waals surface area contributed by atoms with E-state index in [1.165, 1.54) is 48.8 Å². The Balaban J connectivity index is 1.32. The summed E-state index contributed by atoms with van der Waals surface area (Å²) >= 11 is 3.72. The lowest BCUT2D eigenvalue weighted by molar-refractivity contribution is -0.152. The quantitative estimate of drug-likeness (QED) is 0.275. The van der Waals surface area contributed by atoms with Crippen LogP contribution in [-0.2, 0) is 6.42 Å². The summed E-state index contributed by atoms with van der Waals surface area (Å²) in [6, 6.07) is 6.43. The maximum Gasteiger partial charge on any atom is 0.401 e. The van der Waals surface area contributed by atoms with Gasteiger partial charge in [0.1, 0.15) is 5.75 Å². The van der Waals surface area contributed by atoms with E-state index in [9.17, 15) is 13.2 Å². The Hall–Kier alpha value is -0.790. The van der Waals surface area contributed by atoms with E-state index in [1.807, 2.05) is 13.0 Å². The lowest BCUT2D eigenvalue weighted by atomic mass is 9.82. The number of hydrogen-bond acceptors (Lipinski definition) is 3. The van der Waals surface area contributed by atoms with Crippen molar-refractivity contribution in [2.24, 2.45) is 11.8 Å². The third-order valence-electron chi connectivity index (χ3n) is 7.81. The number of nitrogens with zero attached hydrogens (tertiary/aromatic N) is 2. The first kappa shape index (κ1) is 28.8. The van der Waals surface area contributed by atoms with Crippen LogP contribution in [0, 0.1) is 11.8 Å². The highest BCUT2D eigenvalue weighted by Gasteiger charge is 2.34. The van der Waals surface area contributed by atoms with Crippen LogP contribution in [0.15, 0.2) is 22.7 Å². The molecule has 1 aliphatic heterocycles. The van der Waals surface area contributed by atoms with Crippen LogP contribution >= 0.6 is 15.9 Å². The highest BCUT2D eigenvalue weighted by Crippen LogP contribution is 2.33. The van der Waals surface area contributed by atoms with Crippen LogP contribution in [0.25, 0.3) is 0 Å². The standard InChI is InChI=1S/C28H44BrF3N2O/c1-4-34(20-28(30,31)32)25-9-7-22(8-10-25)6-5-15-33-16-13-23(14-17-33)18-24-19-26(35-21(2)3)11-12-27(24)29/h11-12,19,21-23,25H,4-10,13-18,20H2,1-3H3/t22-,25-. The summed E-state index contributed by atoms with van der Waals surface area (Å²) in [6.45, 7) is 9.17. The monoisotopic (exact) mass is 560 g/mol. The minimum absolute atomic E-state index is 0.106. The number of rotatable bonds is 11. The van der Waals surface area contributed by atoms with E-state index < -0.39 is 12.7 Å². The van der Waals surface area contributed by atoms with Gasteiger partial charge in [-0.15, -0.1) is 0 Å². The third kappa shape index (κ3) is 9.88. The van der Waals surface area contributed by atoms with Crippen molar-refractivity contribution >= 4 is 15.9 Å². The Morgan fingerprint density at radius 3 is 2.34 bits per heavy atom. The fourth-order valence-corrected chi connectivity index (χ4v) is 6.32. The fraction of sp³-hybridized carbons (Fsp3) is 0.786. The molecule has 2 fully saturated rings. The van der Waals surface area contributed by atoms with Crippen LogP contribution in [0.1, 0.15) is 77.7 Å². The van der Waals surface area contributed by atoms with Crippen LogP contribution in [0.3, 0.4) is 0 Å². The molecule has 1 saturated carbocycles. The third-order valence-corrected chi connectivity index (χ3v) is 8.59. The maximum atomic E-state index is 12.8. The molecule has 0 aromatic heterocycles. The van der Waals surface area contributed by atoms with Gasteiger partial charge < -0.3 is 9.64 Å². The van der Waals surface area contributed by atoms with E-state index in [1.54, 1.807) is 4.90 Å². The Labute approximate surface area is 218 Å². The van der Waals surface area contributed by atoms with Crippen LogP contribution < -0.4 is 4.74 Å². The summed E-state index contributed by atoms with van der Waals surface area (Å²) in [4.78, 5) is 4.24. The predicted molar refractivity (Wildman–Crippen MR) is 141 cm³/mol. The molecule has 3 rings (SSSR count). The average Bonchev–Trinajstić information content (AvgIpc) is 2.80. The first-order valence-electron chi connectivity index (χ1n) is 13.6. The zero-order valence-corrected chi connectivity index (χ0v) is 23.3. The van der Waals surface area contributed by atoms with Gasteiger partial charge in [-0.2, -0.15) is 13.2 Å². The number of halogens is 4. The second-order valence-corrected chi connectivity index (χ2v) is 11.8. The SMILES string of the molecule is CCN(CC(F)(F)F)[C@H]1CC[C@H](CCCN2CCC(Cc3cc(OC(C)C)ccc3Br)CC2)CC1. The summed E-state index contributed by atoms with van der Waals surface area (Å²) in [5, 5.41) is 0. The predicted octanol–water partition coefficient (Wildman–Crippen LogP) is 7.71. The van der Waals surface area contributed by atoms with Gasteiger partial charge in [0.25, 0.3) is 0 Å². The summed E-state index contributed by atoms with van der Waals surface area (Å²) in [7, 11) is 0. The van der Waals surface area contributed by atoms with Crippen molar-refractivity contribution in [3.05, 3.63) is 28.2 Å². The van der Waals surface area contributed by atoms with Crippen LogP contribution in [0.2, 0.25) is 0 Å². The van der Waals surface area contributed by atoms with E-state index in [2.05, 4.69) is 46.8 Å². The minimum atomic E-state index is -4.09. The molecule has 1 aromatic carbocycles. The van der Waals surface area contributed by atoms with Crippen molar-refractivity contribution in [3.63, 3.8) is 0 Å². The molecule has 35 heavy (non-hydrogen) atoms. The average molecular weight is 562 g/mol. The largest absolute Gasteiger partial charge is 0.491 e. The molecule has 1 aliphatic carbocycles. The summed E-state index contributed by atoms with van der Waals surface area (Å²) in [5.41, 5.74) is 1.34. The smallest absolute Gasteiger partial charge is 0.401 e. The van der Waals surface area contributed by atoms with Gasteiger partial charge >= 0.3 is 6.18 Å². The molecule has 3 nitrogen and oxygen atoms in total. The van der Waals surface area contributed by atoms with Crippen LogP contribution in [-0.4, -0.2) is 60.8 Å². The molecular formula is C28H44BrF3N2O. The highest BCUT2D eigenvalue weighted by atomic mass is 79.9. The van der Waals surface area contributed by atoms with Gasteiger partial charge in [-0.1, -0.05) is 22.9 Å². The van der Waals surface area contributed by atoms with E-state index >= 15 is 0 Å². The molecule has 0 unspecified atom stereocenters. The Morgan fingerprint density at radius 1 is 1.06 bits per heavy atom. The molecule has 0 amide bonds. The van der Waals surface area contributed by atoms with E-state index in [4.69, 9.17) is 4.74 Å². The minimum Gasteiger partial charge on any atom is -0.491 e. The number of likely N-dealkylation sites (tertiary alicyclic amines) is 1. The molecular weight excluding hydrogens is 517 g/mol. The molecule has 0 N–H and O–H groups in total. The number of piperidine rings is 1. The number of benzene rings is 1.